The molecule has 0 spiro atoms. The molecule has 2 amide bonds. The molecule has 0 radical (unpaired) electrons. The fourth-order valence-electron chi connectivity index (χ4n) is 3.26. The molecule has 30 heavy (non-hydrogen) atoms. The van der Waals surface area contributed by atoms with Crippen LogP contribution >= 0.6 is 22.9 Å². The van der Waals surface area contributed by atoms with E-state index in [1.54, 1.807) is 54.0 Å². The van der Waals surface area contributed by atoms with Crippen LogP contribution in [0.5, 0.6) is 0 Å². The van der Waals surface area contributed by atoms with Crippen LogP contribution in [0.2, 0.25) is 5.02 Å². The van der Waals surface area contributed by atoms with Crippen LogP contribution in [0.1, 0.15) is 12.0 Å². The minimum atomic E-state index is -4.00. The Kier molecular flexibility index (Phi) is 5.70. The Morgan fingerprint density at radius 2 is 1.90 bits per heavy atom. The number of hydrogen-bond donors (Lipinski definition) is 0. The van der Waals surface area contributed by atoms with Crippen molar-refractivity contribution in [1.82, 2.24) is 9.29 Å². The second-order valence-corrected chi connectivity index (χ2v) is 10.1. The Bertz CT molecular complexity index is 1170. The molecule has 0 N–H and O–H groups in total. The number of pyridine rings is 1. The third-order valence-electron chi connectivity index (χ3n) is 4.67. The summed E-state index contributed by atoms with van der Waals surface area (Å²) in [6, 6.07) is 11.6. The van der Waals surface area contributed by atoms with Crippen LogP contribution in [-0.2, 0) is 26.2 Å². The van der Waals surface area contributed by atoms with Gasteiger partial charge in [0.15, 0.2) is 0 Å². The summed E-state index contributed by atoms with van der Waals surface area (Å²) < 4.78 is 27.9. The van der Waals surface area contributed by atoms with Gasteiger partial charge >= 0.3 is 0 Å². The molecular weight excluding hydrogens is 446 g/mol. The average molecular weight is 462 g/mol. The molecule has 7 nitrogen and oxygen atoms in total. The predicted octanol–water partition coefficient (Wildman–Crippen LogP) is 3.32. The Hall–Kier alpha value is -2.59. The molecule has 1 aliphatic heterocycles. The van der Waals surface area contributed by atoms with Crippen LogP contribution in [-0.4, -0.2) is 35.6 Å². The van der Waals surface area contributed by atoms with Gasteiger partial charge in [-0.05, 0) is 47.3 Å². The fraction of sp³-hybridized carbons (Fsp3) is 0.150. The quantitative estimate of drug-likeness (QED) is 0.525. The lowest BCUT2D eigenvalue weighted by molar-refractivity contribution is -0.122. The molecule has 1 fully saturated rings. The predicted molar refractivity (Wildman–Crippen MR) is 114 cm³/mol. The van der Waals surface area contributed by atoms with Crippen molar-refractivity contribution >= 4 is 50.5 Å². The van der Waals surface area contributed by atoms with Gasteiger partial charge in [-0.2, -0.15) is 4.31 Å². The number of hydrogen-bond acceptors (Lipinski definition) is 6. The number of carbonyl (C=O) groups is 2. The molecule has 154 valence electrons. The normalized spacial score (nSPS) is 17.1. The number of carbonyl (C=O) groups excluding carboxylic acids is 2. The highest BCUT2D eigenvalue weighted by Gasteiger charge is 2.47. The van der Waals surface area contributed by atoms with E-state index >= 15 is 0 Å². The van der Waals surface area contributed by atoms with Crippen LogP contribution < -0.4 is 4.90 Å². The number of benzene rings is 1. The van der Waals surface area contributed by atoms with E-state index in [0.717, 1.165) is 20.5 Å². The second-order valence-electron chi connectivity index (χ2n) is 6.61. The van der Waals surface area contributed by atoms with Gasteiger partial charge in [0.1, 0.15) is 10.3 Å². The molecule has 0 aliphatic carbocycles. The highest BCUT2D eigenvalue weighted by Crippen LogP contribution is 2.32. The van der Waals surface area contributed by atoms with Gasteiger partial charge in [-0.15, -0.1) is 11.3 Å². The maximum absolute atomic E-state index is 13.3. The fourth-order valence-corrected chi connectivity index (χ4v) is 6.08. The van der Waals surface area contributed by atoms with Crippen molar-refractivity contribution in [2.45, 2.75) is 23.2 Å². The molecule has 4 rings (SSSR count). The van der Waals surface area contributed by atoms with Crippen LogP contribution in [0.3, 0.4) is 0 Å². The lowest BCUT2D eigenvalue weighted by atomic mass is 10.2. The molecule has 1 saturated heterocycles. The van der Waals surface area contributed by atoms with Crippen molar-refractivity contribution in [1.29, 1.82) is 0 Å². The maximum Gasteiger partial charge on any atom is 0.253 e. The van der Waals surface area contributed by atoms with Crippen LogP contribution in [0.25, 0.3) is 0 Å². The number of rotatable bonds is 6. The lowest BCUT2D eigenvalue weighted by Crippen LogP contribution is -2.44. The Morgan fingerprint density at radius 1 is 1.13 bits per heavy atom. The first-order valence-electron chi connectivity index (χ1n) is 8.94. The second kappa shape index (κ2) is 8.27. The van der Waals surface area contributed by atoms with Crippen LogP contribution in [0, 0.1) is 0 Å². The van der Waals surface area contributed by atoms with E-state index in [1.807, 2.05) is 0 Å². The van der Waals surface area contributed by atoms with Gasteiger partial charge in [-0.1, -0.05) is 23.7 Å². The zero-order valence-corrected chi connectivity index (χ0v) is 17.9. The van der Waals surface area contributed by atoms with E-state index in [1.165, 1.54) is 12.3 Å². The number of amides is 2. The van der Waals surface area contributed by atoms with Gasteiger partial charge in [0.25, 0.3) is 15.9 Å². The van der Waals surface area contributed by atoms with Crippen molar-refractivity contribution in [3.8, 4) is 0 Å². The first kappa shape index (κ1) is 20.7. The minimum Gasteiger partial charge on any atom is -0.274 e. The van der Waals surface area contributed by atoms with E-state index < -0.39 is 27.9 Å². The van der Waals surface area contributed by atoms with Crippen molar-refractivity contribution in [3.05, 3.63) is 76.9 Å². The van der Waals surface area contributed by atoms with Crippen molar-refractivity contribution < 1.29 is 18.0 Å². The summed E-state index contributed by atoms with van der Waals surface area (Å²) in [5.41, 5.74) is 0.967. The summed E-state index contributed by atoms with van der Waals surface area (Å²) in [5.74, 6) is -1.06. The van der Waals surface area contributed by atoms with Crippen LogP contribution in [0.15, 0.2) is 70.5 Å². The lowest BCUT2D eigenvalue weighted by Gasteiger charge is -2.26. The minimum absolute atomic E-state index is 0.0772. The molecule has 1 atom stereocenters. The number of aromatic nitrogens is 1. The first-order chi connectivity index (χ1) is 14.4. The largest absolute Gasteiger partial charge is 0.274 e. The van der Waals surface area contributed by atoms with Gasteiger partial charge in [-0.3, -0.25) is 14.6 Å². The van der Waals surface area contributed by atoms with Gasteiger partial charge in [0.2, 0.25) is 5.91 Å². The Morgan fingerprint density at radius 3 is 2.53 bits per heavy atom. The molecule has 0 bridgehead atoms. The monoisotopic (exact) mass is 461 g/mol. The molecule has 1 aliphatic rings. The van der Waals surface area contributed by atoms with Crippen molar-refractivity contribution in [2.75, 3.05) is 4.90 Å². The third-order valence-corrected chi connectivity index (χ3v) is 8.15. The summed E-state index contributed by atoms with van der Waals surface area (Å²) in [7, 11) is -4.00. The molecule has 2 aromatic heterocycles. The van der Waals surface area contributed by atoms with E-state index in [0.29, 0.717) is 16.3 Å². The van der Waals surface area contributed by atoms with E-state index in [4.69, 9.17) is 11.6 Å². The third kappa shape index (κ3) is 3.89. The number of imide groups is 1. The molecule has 3 heterocycles. The molecular formula is C20H16ClN3O4S2. The van der Waals surface area contributed by atoms with Gasteiger partial charge < -0.3 is 0 Å². The summed E-state index contributed by atoms with van der Waals surface area (Å²) in [5, 5.41) is 2.12. The first-order valence-corrected chi connectivity index (χ1v) is 11.6. The van der Waals surface area contributed by atoms with E-state index in [9.17, 15) is 18.0 Å². The summed E-state index contributed by atoms with van der Waals surface area (Å²) in [4.78, 5) is 30.9. The van der Waals surface area contributed by atoms with E-state index in [-0.39, 0.29) is 17.2 Å². The van der Waals surface area contributed by atoms with Crippen LogP contribution in [0.4, 0.5) is 5.69 Å². The highest BCUT2D eigenvalue weighted by atomic mass is 35.5. The van der Waals surface area contributed by atoms with E-state index in [2.05, 4.69) is 4.98 Å². The zero-order valence-electron chi connectivity index (χ0n) is 15.5. The smallest absolute Gasteiger partial charge is 0.253 e. The summed E-state index contributed by atoms with van der Waals surface area (Å²) in [6.45, 7) is -0.0772. The standard InChI is InChI=1S/C20H16ClN3O4S2/c21-15-5-7-16(8-6-15)24-18(25)11-17(20(24)26)23(13-14-3-1-9-22-12-14)30(27,28)19-4-2-10-29-19/h1-10,12,17H,11,13H2. The molecule has 0 saturated carbocycles. The van der Waals surface area contributed by atoms with Crippen molar-refractivity contribution in [3.63, 3.8) is 0 Å². The molecule has 3 aromatic rings. The van der Waals surface area contributed by atoms with Crippen molar-refractivity contribution in [2.24, 2.45) is 0 Å². The van der Waals surface area contributed by atoms with Gasteiger partial charge in [0, 0.05) is 24.0 Å². The zero-order chi connectivity index (χ0) is 21.3. The summed E-state index contributed by atoms with van der Waals surface area (Å²) in [6.07, 6.45) is 2.87. The SMILES string of the molecule is O=C1CC(N(Cc2cccnc2)S(=O)(=O)c2cccs2)C(=O)N1c1ccc(Cl)cc1. The number of halogens is 1. The summed E-state index contributed by atoms with van der Waals surface area (Å²) >= 11 is 6.96. The number of thiophene rings is 1. The topological polar surface area (TPSA) is 87.6 Å². The average Bonchev–Trinajstić information content (AvgIpc) is 3.37. The molecule has 1 aromatic carbocycles. The van der Waals surface area contributed by atoms with Gasteiger partial charge in [0.05, 0.1) is 12.1 Å². The maximum atomic E-state index is 13.3. The number of anilines is 1. The Labute approximate surface area is 182 Å². The molecule has 1 unspecified atom stereocenters. The van der Waals surface area contributed by atoms with Gasteiger partial charge in [-0.25, -0.2) is 13.3 Å². The molecule has 10 heteroatoms. The number of sulfonamides is 1. The number of nitrogens with zero attached hydrogens (tertiary/aromatic N) is 3. The highest BCUT2D eigenvalue weighted by molar-refractivity contribution is 7.91. The Balaban J connectivity index is 1.73.